The molecule has 3 rings (SSSR count). The zero-order valence-corrected chi connectivity index (χ0v) is 13.5. The number of morpholine rings is 1. The maximum atomic E-state index is 12.0. The molecule has 24 heavy (non-hydrogen) atoms. The molecule has 2 heterocycles. The Morgan fingerprint density at radius 1 is 1.29 bits per heavy atom. The van der Waals surface area contributed by atoms with Gasteiger partial charge in [-0.2, -0.15) is 0 Å². The minimum Gasteiger partial charge on any atom is -0.379 e. The number of fused-ring (bicyclic) bond motifs is 1. The number of nitrogens with zero attached hydrogens (tertiary/aromatic N) is 1. The van der Waals surface area contributed by atoms with Crippen LogP contribution in [0, 0.1) is 0 Å². The lowest BCUT2D eigenvalue weighted by Crippen LogP contribution is -2.41. The van der Waals surface area contributed by atoms with Crippen LogP contribution in [0.3, 0.4) is 0 Å². The molecule has 126 valence electrons. The lowest BCUT2D eigenvalue weighted by molar-refractivity contribution is -0.116. The minimum atomic E-state index is -0.203. The van der Waals surface area contributed by atoms with Crippen molar-refractivity contribution >= 4 is 22.9 Å². The van der Waals surface area contributed by atoms with Crippen LogP contribution < -0.4 is 10.9 Å². The molecule has 0 spiro atoms. The van der Waals surface area contributed by atoms with Gasteiger partial charge >= 0.3 is 0 Å². The van der Waals surface area contributed by atoms with Gasteiger partial charge in [0.05, 0.1) is 13.2 Å². The van der Waals surface area contributed by atoms with Crippen molar-refractivity contribution in [2.24, 2.45) is 0 Å². The number of H-pyrrole nitrogens is 1. The van der Waals surface area contributed by atoms with Gasteiger partial charge in [0.15, 0.2) is 0 Å². The lowest BCUT2D eigenvalue weighted by Gasteiger charge is -2.26. The summed E-state index contributed by atoms with van der Waals surface area (Å²) >= 11 is 0. The molecule has 1 aliphatic heterocycles. The smallest absolute Gasteiger partial charge is 0.255 e. The highest BCUT2D eigenvalue weighted by Gasteiger charge is 2.09. The van der Waals surface area contributed by atoms with E-state index < -0.39 is 0 Å². The van der Waals surface area contributed by atoms with E-state index in [2.05, 4.69) is 15.2 Å². The van der Waals surface area contributed by atoms with Gasteiger partial charge in [0.25, 0.3) is 5.56 Å². The van der Waals surface area contributed by atoms with Gasteiger partial charge in [0.1, 0.15) is 0 Å². The van der Waals surface area contributed by atoms with Crippen molar-refractivity contribution in [1.82, 2.24) is 15.2 Å². The lowest BCUT2D eigenvalue weighted by atomic mass is 10.1. The highest BCUT2D eigenvalue weighted by atomic mass is 16.5. The number of rotatable bonds is 5. The van der Waals surface area contributed by atoms with Crippen LogP contribution in [0.5, 0.6) is 0 Å². The standard InChI is InChI=1S/C18H21N3O3/c22-17(19-7-8-21-9-11-24-12-10-21)6-5-15-13-14-3-1-2-4-16(14)20-18(15)23/h1-6,13H,7-12H2,(H,19,22)(H,20,23)/b6-5+. The molecule has 0 unspecified atom stereocenters. The third kappa shape index (κ3) is 4.31. The Bertz CT molecular complexity index is 791. The van der Waals surface area contributed by atoms with Crippen molar-refractivity contribution < 1.29 is 9.53 Å². The van der Waals surface area contributed by atoms with Crippen LogP contribution >= 0.6 is 0 Å². The molecule has 2 N–H and O–H groups in total. The van der Waals surface area contributed by atoms with E-state index in [0.29, 0.717) is 12.1 Å². The molecule has 1 amide bonds. The summed E-state index contributed by atoms with van der Waals surface area (Å²) in [5.41, 5.74) is 1.05. The predicted octanol–water partition coefficient (Wildman–Crippen LogP) is 0.990. The van der Waals surface area contributed by atoms with E-state index in [1.54, 1.807) is 12.1 Å². The van der Waals surface area contributed by atoms with Gasteiger partial charge in [-0.25, -0.2) is 0 Å². The van der Waals surface area contributed by atoms with Gasteiger partial charge < -0.3 is 15.0 Å². The minimum absolute atomic E-state index is 0.198. The highest BCUT2D eigenvalue weighted by Crippen LogP contribution is 2.10. The molecule has 1 saturated heterocycles. The third-order valence-corrected chi connectivity index (χ3v) is 4.03. The van der Waals surface area contributed by atoms with Gasteiger partial charge in [0, 0.05) is 43.3 Å². The van der Waals surface area contributed by atoms with Crippen molar-refractivity contribution in [3.8, 4) is 0 Å². The number of benzene rings is 1. The molecule has 2 aromatic rings. The van der Waals surface area contributed by atoms with E-state index >= 15 is 0 Å². The number of aromatic amines is 1. The molecule has 1 aliphatic rings. The molecule has 0 saturated carbocycles. The number of carbonyl (C=O) groups excluding carboxylic acids is 1. The Balaban J connectivity index is 1.55. The first-order valence-electron chi connectivity index (χ1n) is 8.10. The van der Waals surface area contributed by atoms with E-state index in [0.717, 1.165) is 43.8 Å². The fourth-order valence-electron chi connectivity index (χ4n) is 2.67. The van der Waals surface area contributed by atoms with Gasteiger partial charge in [-0.05, 0) is 23.6 Å². The summed E-state index contributed by atoms with van der Waals surface area (Å²) in [5.74, 6) is -0.198. The van der Waals surface area contributed by atoms with Crippen molar-refractivity contribution in [3.63, 3.8) is 0 Å². The number of ether oxygens (including phenoxy) is 1. The Kier molecular flexibility index (Phi) is 5.40. The zero-order valence-electron chi connectivity index (χ0n) is 13.5. The maximum absolute atomic E-state index is 12.0. The zero-order chi connectivity index (χ0) is 16.8. The van der Waals surface area contributed by atoms with Crippen LogP contribution in [0.1, 0.15) is 5.56 Å². The van der Waals surface area contributed by atoms with Gasteiger partial charge in [-0.15, -0.1) is 0 Å². The summed E-state index contributed by atoms with van der Waals surface area (Å²) in [6.45, 7) is 4.68. The SMILES string of the molecule is O=C(/C=C/c1cc2ccccc2[nH]c1=O)NCCN1CCOCC1. The van der Waals surface area contributed by atoms with Crippen LogP contribution in [-0.2, 0) is 9.53 Å². The van der Waals surface area contributed by atoms with Crippen LogP contribution in [0.2, 0.25) is 0 Å². The summed E-state index contributed by atoms with van der Waals surface area (Å²) in [5, 5.41) is 3.77. The Labute approximate surface area is 140 Å². The van der Waals surface area contributed by atoms with Crippen LogP contribution in [0.15, 0.2) is 41.2 Å². The number of nitrogens with one attached hydrogen (secondary N) is 2. The van der Waals surface area contributed by atoms with Crippen molar-refractivity contribution in [2.45, 2.75) is 0 Å². The quantitative estimate of drug-likeness (QED) is 0.803. The van der Waals surface area contributed by atoms with E-state index in [4.69, 9.17) is 4.74 Å². The van der Waals surface area contributed by atoms with E-state index in [-0.39, 0.29) is 11.5 Å². The molecule has 0 aliphatic carbocycles. The van der Waals surface area contributed by atoms with Crippen LogP contribution in [-0.4, -0.2) is 55.2 Å². The summed E-state index contributed by atoms with van der Waals surface area (Å²) in [6, 6.07) is 9.33. The van der Waals surface area contributed by atoms with Gasteiger partial charge in [0.2, 0.25) is 5.91 Å². The van der Waals surface area contributed by atoms with E-state index in [1.807, 2.05) is 24.3 Å². The van der Waals surface area contributed by atoms with Gasteiger partial charge in [-0.1, -0.05) is 18.2 Å². The fourth-order valence-corrected chi connectivity index (χ4v) is 2.67. The third-order valence-electron chi connectivity index (χ3n) is 4.03. The number of para-hydroxylation sites is 1. The molecule has 1 aromatic heterocycles. The summed E-state index contributed by atoms with van der Waals surface area (Å²) < 4.78 is 5.28. The number of hydrogen-bond acceptors (Lipinski definition) is 4. The highest BCUT2D eigenvalue weighted by molar-refractivity contribution is 5.92. The Hall–Kier alpha value is -2.44. The first-order valence-corrected chi connectivity index (χ1v) is 8.10. The molecule has 6 nitrogen and oxygen atoms in total. The monoisotopic (exact) mass is 327 g/mol. The average molecular weight is 327 g/mol. The Morgan fingerprint density at radius 2 is 2.08 bits per heavy atom. The molecular weight excluding hydrogens is 306 g/mol. The topological polar surface area (TPSA) is 74.4 Å². The fraction of sp³-hybridized carbons (Fsp3) is 0.333. The second kappa shape index (κ2) is 7.90. The van der Waals surface area contributed by atoms with E-state index in [9.17, 15) is 9.59 Å². The first kappa shape index (κ1) is 16.4. The molecular formula is C18H21N3O3. The normalized spacial score (nSPS) is 15.8. The molecule has 1 aromatic carbocycles. The number of aromatic nitrogens is 1. The molecule has 6 heteroatoms. The van der Waals surface area contributed by atoms with Crippen molar-refractivity contribution in [1.29, 1.82) is 0 Å². The Morgan fingerprint density at radius 3 is 2.92 bits per heavy atom. The molecule has 0 radical (unpaired) electrons. The predicted molar refractivity (Wildman–Crippen MR) is 93.9 cm³/mol. The number of amides is 1. The van der Waals surface area contributed by atoms with Crippen LogP contribution in [0.25, 0.3) is 17.0 Å². The van der Waals surface area contributed by atoms with Crippen LogP contribution in [0.4, 0.5) is 0 Å². The molecule has 1 fully saturated rings. The van der Waals surface area contributed by atoms with Gasteiger partial charge in [-0.3, -0.25) is 14.5 Å². The summed E-state index contributed by atoms with van der Waals surface area (Å²) in [4.78, 5) is 29.0. The molecule has 0 bridgehead atoms. The second-order valence-electron chi connectivity index (χ2n) is 5.72. The maximum Gasteiger partial charge on any atom is 0.255 e. The number of carbonyl (C=O) groups is 1. The largest absolute Gasteiger partial charge is 0.379 e. The average Bonchev–Trinajstić information content (AvgIpc) is 2.61. The van der Waals surface area contributed by atoms with E-state index in [1.165, 1.54) is 6.08 Å². The van der Waals surface area contributed by atoms with Crippen molar-refractivity contribution in [3.05, 3.63) is 52.3 Å². The number of pyridine rings is 1. The second-order valence-corrected chi connectivity index (χ2v) is 5.72. The summed E-state index contributed by atoms with van der Waals surface area (Å²) in [7, 11) is 0. The van der Waals surface area contributed by atoms with Crippen molar-refractivity contribution in [2.75, 3.05) is 39.4 Å². The first-order chi connectivity index (χ1) is 11.7. The molecule has 0 atom stereocenters. The summed E-state index contributed by atoms with van der Waals surface area (Å²) in [6.07, 6.45) is 2.95. The number of hydrogen-bond donors (Lipinski definition) is 2.